The van der Waals surface area contributed by atoms with Crippen LogP contribution in [0.1, 0.15) is 32.6 Å². The predicted molar refractivity (Wildman–Crippen MR) is 127 cm³/mol. The number of nitrogens with one attached hydrogen (secondary N) is 2. The summed E-state index contributed by atoms with van der Waals surface area (Å²) in [4.78, 5) is 26.7. The fraction of sp³-hybridized carbons (Fsp3) is 0.154. The smallest absolute Gasteiger partial charge is 0.262 e. The number of hydrogen-bond acceptors (Lipinski definition) is 3. The first-order valence-corrected chi connectivity index (χ1v) is 11.0. The van der Waals surface area contributed by atoms with Gasteiger partial charge in [0.05, 0.1) is 10.6 Å². The maximum absolute atomic E-state index is 12.6. The lowest BCUT2D eigenvalue weighted by molar-refractivity contribution is -0.112. The van der Waals surface area contributed by atoms with E-state index >= 15 is 0 Å². The molecule has 1 aliphatic rings. The highest BCUT2D eigenvalue weighted by atomic mass is 32.2. The van der Waals surface area contributed by atoms with Gasteiger partial charge < -0.3 is 10.6 Å². The van der Waals surface area contributed by atoms with Gasteiger partial charge in [-0.15, -0.1) is 0 Å². The van der Waals surface area contributed by atoms with E-state index in [0.717, 1.165) is 16.9 Å². The molecule has 2 amide bonds. The molecule has 4 rings (SSSR count). The van der Waals surface area contributed by atoms with Crippen molar-refractivity contribution in [1.82, 2.24) is 5.32 Å². The van der Waals surface area contributed by atoms with Crippen molar-refractivity contribution in [3.63, 3.8) is 0 Å². The highest BCUT2D eigenvalue weighted by Gasteiger charge is 2.22. The molecule has 1 heterocycles. The molecule has 5 heteroatoms. The number of hydrogen-bond donors (Lipinski definition) is 2. The van der Waals surface area contributed by atoms with E-state index in [-0.39, 0.29) is 11.8 Å². The molecule has 0 bridgehead atoms. The third-order valence-electron chi connectivity index (χ3n) is 5.13. The Balaban J connectivity index is 1.41. The van der Waals surface area contributed by atoms with Gasteiger partial charge in [-0.25, -0.2) is 0 Å². The first kappa shape index (κ1) is 20.9. The lowest BCUT2D eigenvalue weighted by Gasteiger charge is -2.19. The zero-order valence-corrected chi connectivity index (χ0v) is 18.4. The molecule has 0 radical (unpaired) electrons. The first-order valence-electron chi connectivity index (χ1n) is 10.2. The molecule has 0 fully saturated rings. The summed E-state index contributed by atoms with van der Waals surface area (Å²) in [6.07, 6.45) is 2.66. The predicted octanol–water partition coefficient (Wildman–Crippen LogP) is 5.36. The van der Waals surface area contributed by atoms with E-state index in [1.54, 1.807) is 12.1 Å². The van der Waals surface area contributed by atoms with Crippen molar-refractivity contribution >= 4 is 35.3 Å². The summed E-state index contributed by atoms with van der Waals surface area (Å²) in [5.74, 6) is -0.301. The van der Waals surface area contributed by atoms with Gasteiger partial charge in [0.15, 0.2) is 0 Å². The van der Waals surface area contributed by atoms with Gasteiger partial charge in [0.2, 0.25) is 0 Å². The van der Waals surface area contributed by atoms with Crippen LogP contribution in [0.25, 0.3) is 6.08 Å². The minimum Gasteiger partial charge on any atom is -0.352 e. The number of aryl methyl sites for hydroxylation is 2. The lowest BCUT2D eigenvalue weighted by atomic mass is 10.1. The minimum atomic E-state index is -0.157. The molecule has 0 aromatic heterocycles. The van der Waals surface area contributed by atoms with Gasteiger partial charge in [0.25, 0.3) is 11.8 Å². The maximum Gasteiger partial charge on any atom is 0.262 e. The van der Waals surface area contributed by atoms with Gasteiger partial charge in [-0.05, 0) is 55.7 Å². The molecule has 0 saturated carbocycles. The van der Waals surface area contributed by atoms with Crippen molar-refractivity contribution in [2.75, 3.05) is 11.9 Å². The van der Waals surface area contributed by atoms with Crippen LogP contribution >= 0.6 is 11.8 Å². The number of rotatable bonds is 5. The van der Waals surface area contributed by atoms with Gasteiger partial charge in [0.1, 0.15) is 0 Å². The number of anilines is 1. The number of thioether (sulfide) groups is 1. The van der Waals surface area contributed by atoms with Crippen LogP contribution in [0, 0.1) is 13.8 Å². The van der Waals surface area contributed by atoms with Crippen LogP contribution in [0.5, 0.6) is 0 Å². The Morgan fingerprint density at radius 3 is 2.35 bits per heavy atom. The van der Waals surface area contributed by atoms with E-state index in [1.165, 1.54) is 28.5 Å². The molecular weight excluding hydrogens is 404 g/mol. The molecule has 1 aliphatic heterocycles. The topological polar surface area (TPSA) is 58.2 Å². The van der Waals surface area contributed by atoms with Crippen molar-refractivity contribution in [3.05, 3.63) is 99.5 Å². The molecule has 2 N–H and O–H groups in total. The van der Waals surface area contributed by atoms with Crippen LogP contribution in [0.4, 0.5) is 5.69 Å². The average molecular weight is 429 g/mol. The quantitative estimate of drug-likeness (QED) is 0.538. The summed E-state index contributed by atoms with van der Waals surface area (Å²) in [5, 5.41) is 5.87. The number of amides is 2. The molecule has 31 heavy (non-hydrogen) atoms. The van der Waals surface area contributed by atoms with E-state index in [1.807, 2.05) is 43.3 Å². The Hall–Kier alpha value is -3.31. The highest BCUT2D eigenvalue weighted by molar-refractivity contribution is 8.04. The molecule has 0 unspecified atom stereocenters. The van der Waals surface area contributed by atoms with Crippen LogP contribution in [0.3, 0.4) is 0 Å². The van der Waals surface area contributed by atoms with Gasteiger partial charge in [0, 0.05) is 17.0 Å². The largest absolute Gasteiger partial charge is 0.352 e. The van der Waals surface area contributed by atoms with Crippen LogP contribution in [0.2, 0.25) is 0 Å². The first-order chi connectivity index (χ1) is 15.0. The lowest BCUT2D eigenvalue weighted by Crippen LogP contribution is -2.26. The van der Waals surface area contributed by atoms with Crippen LogP contribution in [-0.4, -0.2) is 18.4 Å². The third kappa shape index (κ3) is 5.25. The van der Waals surface area contributed by atoms with Crippen LogP contribution in [0.15, 0.2) is 76.5 Å². The van der Waals surface area contributed by atoms with E-state index in [9.17, 15) is 9.59 Å². The molecule has 4 nitrogen and oxygen atoms in total. The number of carbonyl (C=O) groups is 2. The molecule has 0 atom stereocenters. The van der Waals surface area contributed by atoms with Crippen molar-refractivity contribution in [2.24, 2.45) is 0 Å². The Bertz CT molecular complexity index is 1150. The Labute approximate surface area is 186 Å². The Morgan fingerprint density at radius 1 is 0.968 bits per heavy atom. The fourth-order valence-corrected chi connectivity index (χ4v) is 4.22. The highest BCUT2D eigenvalue weighted by Crippen LogP contribution is 2.39. The molecule has 0 saturated heterocycles. The second-order valence-electron chi connectivity index (χ2n) is 7.68. The zero-order valence-electron chi connectivity index (χ0n) is 17.6. The SMILES string of the molecule is Cc1ccc(/C=C2/Sc3ccc(C(=O)NCCc4ccc(C)cc4)cc3NC2=O)cc1. The second kappa shape index (κ2) is 9.23. The Kier molecular flexibility index (Phi) is 6.23. The van der Waals surface area contributed by atoms with Crippen molar-refractivity contribution in [1.29, 1.82) is 0 Å². The summed E-state index contributed by atoms with van der Waals surface area (Å²) in [6, 6.07) is 21.8. The van der Waals surface area contributed by atoms with Gasteiger partial charge >= 0.3 is 0 Å². The fourth-order valence-electron chi connectivity index (χ4n) is 3.29. The third-order valence-corrected chi connectivity index (χ3v) is 6.23. The summed E-state index contributed by atoms with van der Waals surface area (Å²) in [5.41, 5.74) is 5.78. The van der Waals surface area contributed by atoms with Crippen LogP contribution < -0.4 is 10.6 Å². The molecule has 156 valence electrons. The monoisotopic (exact) mass is 428 g/mol. The van der Waals surface area contributed by atoms with Crippen LogP contribution in [-0.2, 0) is 11.2 Å². The number of benzene rings is 3. The van der Waals surface area contributed by atoms with Gasteiger partial charge in [-0.3, -0.25) is 9.59 Å². The summed E-state index contributed by atoms with van der Waals surface area (Å²) in [6.45, 7) is 4.65. The molecular formula is C26H24N2O2S. The average Bonchev–Trinajstić information content (AvgIpc) is 2.77. The zero-order chi connectivity index (χ0) is 21.8. The normalized spacial score (nSPS) is 14.1. The van der Waals surface area contributed by atoms with E-state index in [4.69, 9.17) is 0 Å². The van der Waals surface area contributed by atoms with E-state index in [0.29, 0.717) is 22.7 Å². The standard InChI is InChI=1S/C26H24N2O2S/c1-17-3-7-19(8-4-17)13-14-27-25(29)21-11-12-23-22(16-21)28-26(30)24(31-23)15-20-9-5-18(2)6-10-20/h3-12,15-16H,13-14H2,1-2H3,(H,27,29)(H,28,30)/b24-15+. The van der Waals surface area contributed by atoms with Crippen molar-refractivity contribution in [2.45, 2.75) is 25.2 Å². The van der Waals surface area contributed by atoms with Crippen molar-refractivity contribution < 1.29 is 9.59 Å². The number of carbonyl (C=O) groups excluding carboxylic acids is 2. The molecule has 3 aromatic carbocycles. The van der Waals surface area contributed by atoms with Gasteiger partial charge in [-0.1, -0.05) is 71.4 Å². The molecule has 3 aromatic rings. The molecule has 0 spiro atoms. The second-order valence-corrected chi connectivity index (χ2v) is 8.76. The minimum absolute atomic E-state index is 0.143. The Morgan fingerprint density at radius 2 is 1.65 bits per heavy atom. The maximum atomic E-state index is 12.6. The summed E-state index contributed by atoms with van der Waals surface area (Å²) >= 11 is 1.42. The van der Waals surface area contributed by atoms with Gasteiger partial charge in [-0.2, -0.15) is 0 Å². The summed E-state index contributed by atoms with van der Waals surface area (Å²) < 4.78 is 0. The number of fused-ring (bicyclic) bond motifs is 1. The molecule has 0 aliphatic carbocycles. The van der Waals surface area contributed by atoms with E-state index in [2.05, 4.69) is 41.8 Å². The van der Waals surface area contributed by atoms with E-state index < -0.39 is 0 Å². The van der Waals surface area contributed by atoms with Crippen molar-refractivity contribution in [3.8, 4) is 0 Å². The summed E-state index contributed by atoms with van der Waals surface area (Å²) in [7, 11) is 0.